The lowest BCUT2D eigenvalue weighted by Crippen LogP contribution is -2.34. The minimum absolute atomic E-state index is 0.0392. The fourth-order valence-electron chi connectivity index (χ4n) is 3.03. The van der Waals surface area contributed by atoms with Crippen molar-refractivity contribution in [3.8, 4) is 0 Å². The van der Waals surface area contributed by atoms with Crippen molar-refractivity contribution < 1.29 is 14.4 Å². The number of rotatable bonds is 4. The van der Waals surface area contributed by atoms with Gasteiger partial charge in [0.2, 0.25) is 5.91 Å². The third-order valence-electron chi connectivity index (χ3n) is 4.28. The normalized spacial score (nSPS) is 20.3. The first kappa shape index (κ1) is 16.1. The highest BCUT2D eigenvalue weighted by Crippen LogP contribution is 2.26. The van der Waals surface area contributed by atoms with Crippen LogP contribution in [0.15, 0.2) is 22.7 Å². The fraction of sp³-hybridized carbons (Fsp3) is 0.438. The van der Waals surface area contributed by atoms with Gasteiger partial charge in [-0.3, -0.25) is 19.3 Å². The summed E-state index contributed by atoms with van der Waals surface area (Å²) in [6, 6.07) is 5.12. The monoisotopic (exact) mass is 379 g/mol. The lowest BCUT2D eigenvalue weighted by atomic mass is 10.1. The highest BCUT2D eigenvalue weighted by Gasteiger charge is 2.35. The van der Waals surface area contributed by atoms with Gasteiger partial charge in [-0.25, -0.2) is 0 Å². The molecule has 0 spiro atoms. The minimum atomic E-state index is -0.290. The van der Waals surface area contributed by atoms with Gasteiger partial charge in [0.1, 0.15) is 0 Å². The molecule has 0 bridgehead atoms. The number of halogens is 1. The van der Waals surface area contributed by atoms with Gasteiger partial charge in [0.05, 0.1) is 11.1 Å². The molecule has 2 aliphatic rings. The van der Waals surface area contributed by atoms with E-state index in [-0.39, 0.29) is 30.3 Å². The predicted molar refractivity (Wildman–Crippen MR) is 87.9 cm³/mol. The summed E-state index contributed by atoms with van der Waals surface area (Å²) < 4.78 is 0.764. The van der Waals surface area contributed by atoms with Gasteiger partial charge in [-0.05, 0) is 31.0 Å². The summed E-state index contributed by atoms with van der Waals surface area (Å²) in [5.41, 5.74) is 6.64. The molecule has 0 aromatic heterocycles. The van der Waals surface area contributed by atoms with Crippen LogP contribution in [0.4, 0.5) is 0 Å². The van der Waals surface area contributed by atoms with E-state index in [2.05, 4.69) is 15.9 Å². The van der Waals surface area contributed by atoms with E-state index in [1.807, 2.05) is 0 Å². The van der Waals surface area contributed by atoms with Crippen LogP contribution in [0, 0.1) is 0 Å². The van der Waals surface area contributed by atoms with Gasteiger partial charge in [0.15, 0.2) is 0 Å². The molecule has 7 heteroatoms. The molecule has 2 N–H and O–H groups in total. The van der Waals surface area contributed by atoms with Gasteiger partial charge in [0, 0.05) is 36.6 Å². The van der Waals surface area contributed by atoms with E-state index in [9.17, 15) is 14.4 Å². The van der Waals surface area contributed by atoms with Crippen LogP contribution in [0.5, 0.6) is 0 Å². The van der Waals surface area contributed by atoms with E-state index in [0.29, 0.717) is 37.1 Å². The summed E-state index contributed by atoms with van der Waals surface area (Å²) >= 11 is 3.30. The molecule has 1 fully saturated rings. The SMILES string of the molecule is N[C@@H]1CCN(C(=O)CCCN2C(=O)c3ccc(Br)cc3C2=O)C1. The van der Waals surface area contributed by atoms with Crippen LogP contribution in [0.25, 0.3) is 0 Å². The molecular weight excluding hydrogens is 362 g/mol. The Kier molecular flexibility index (Phi) is 4.50. The second kappa shape index (κ2) is 6.41. The Hall–Kier alpha value is -1.73. The molecule has 23 heavy (non-hydrogen) atoms. The van der Waals surface area contributed by atoms with Gasteiger partial charge < -0.3 is 10.6 Å². The summed E-state index contributed by atoms with van der Waals surface area (Å²) in [4.78, 5) is 39.6. The molecular formula is C16H18BrN3O3. The summed E-state index contributed by atoms with van der Waals surface area (Å²) in [6.07, 6.45) is 1.63. The molecule has 1 aromatic carbocycles. The highest BCUT2D eigenvalue weighted by atomic mass is 79.9. The molecule has 2 aliphatic heterocycles. The van der Waals surface area contributed by atoms with Crippen molar-refractivity contribution in [3.63, 3.8) is 0 Å². The lowest BCUT2D eigenvalue weighted by molar-refractivity contribution is -0.130. The Morgan fingerprint density at radius 3 is 2.70 bits per heavy atom. The highest BCUT2D eigenvalue weighted by molar-refractivity contribution is 9.10. The van der Waals surface area contributed by atoms with E-state index in [4.69, 9.17) is 5.73 Å². The Bertz CT molecular complexity index is 677. The van der Waals surface area contributed by atoms with Crippen LogP contribution in [-0.2, 0) is 4.79 Å². The van der Waals surface area contributed by atoms with Crippen LogP contribution < -0.4 is 5.73 Å². The Labute approximate surface area is 142 Å². The number of imide groups is 1. The number of carbonyl (C=O) groups excluding carboxylic acids is 3. The zero-order valence-electron chi connectivity index (χ0n) is 12.6. The number of nitrogens with zero attached hydrogens (tertiary/aromatic N) is 2. The minimum Gasteiger partial charge on any atom is -0.341 e. The second-order valence-corrected chi connectivity index (χ2v) is 6.86. The number of hydrogen-bond acceptors (Lipinski definition) is 4. The average Bonchev–Trinajstić information content (AvgIpc) is 3.05. The van der Waals surface area contributed by atoms with Crippen molar-refractivity contribution in [2.24, 2.45) is 5.73 Å². The zero-order valence-corrected chi connectivity index (χ0v) is 14.2. The molecule has 1 aromatic rings. The molecule has 0 unspecified atom stereocenters. The first-order valence-electron chi connectivity index (χ1n) is 7.66. The van der Waals surface area contributed by atoms with E-state index in [0.717, 1.165) is 10.9 Å². The molecule has 3 amide bonds. The molecule has 6 nitrogen and oxygen atoms in total. The summed E-state index contributed by atoms with van der Waals surface area (Å²) in [6.45, 7) is 1.55. The van der Waals surface area contributed by atoms with Gasteiger partial charge in [0.25, 0.3) is 11.8 Å². The largest absolute Gasteiger partial charge is 0.341 e. The molecule has 3 rings (SSSR count). The van der Waals surface area contributed by atoms with Crippen molar-refractivity contribution in [2.75, 3.05) is 19.6 Å². The predicted octanol–water partition coefficient (Wildman–Crippen LogP) is 1.38. The Morgan fingerprint density at radius 2 is 2.00 bits per heavy atom. The van der Waals surface area contributed by atoms with Crippen molar-refractivity contribution in [2.45, 2.75) is 25.3 Å². The van der Waals surface area contributed by atoms with E-state index >= 15 is 0 Å². The molecule has 0 radical (unpaired) electrons. The average molecular weight is 380 g/mol. The standard InChI is InChI=1S/C16H18BrN3O3/c17-10-3-4-12-13(8-10)16(23)20(15(12)22)6-1-2-14(21)19-7-5-11(18)9-19/h3-4,8,11H,1-2,5-7,9,18H2/t11-/m1/s1. The first-order valence-corrected chi connectivity index (χ1v) is 8.46. The van der Waals surface area contributed by atoms with Crippen LogP contribution in [0.1, 0.15) is 40.0 Å². The zero-order chi connectivity index (χ0) is 16.6. The van der Waals surface area contributed by atoms with E-state index in [1.165, 1.54) is 4.90 Å². The Morgan fingerprint density at radius 1 is 1.26 bits per heavy atom. The smallest absolute Gasteiger partial charge is 0.261 e. The van der Waals surface area contributed by atoms with Crippen molar-refractivity contribution in [1.82, 2.24) is 9.80 Å². The van der Waals surface area contributed by atoms with Crippen molar-refractivity contribution >= 4 is 33.7 Å². The number of fused-ring (bicyclic) bond motifs is 1. The van der Waals surface area contributed by atoms with Crippen LogP contribution >= 0.6 is 15.9 Å². The van der Waals surface area contributed by atoms with Crippen molar-refractivity contribution in [1.29, 1.82) is 0 Å². The summed E-state index contributed by atoms with van der Waals surface area (Å²) in [7, 11) is 0. The number of benzene rings is 1. The second-order valence-electron chi connectivity index (χ2n) is 5.94. The van der Waals surface area contributed by atoms with Crippen LogP contribution in [-0.4, -0.2) is 53.2 Å². The van der Waals surface area contributed by atoms with E-state index in [1.54, 1.807) is 23.1 Å². The van der Waals surface area contributed by atoms with Gasteiger partial charge >= 0.3 is 0 Å². The van der Waals surface area contributed by atoms with Gasteiger partial charge in [-0.15, -0.1) is 0 Å². The van der Waals surface area contributed by atoms with Crippen LogP contribution in [0.2, 0.25) is 0 Å². The summed E-state index contributed by atoms with van der Waals surface area (Å²) in [5.74, 6) is -0.535. The number of likely N-dealkylation sites (tertiary alicyclic amines) is 1. The third-order valence-corrected chi connectivity index (χ3v) is 4.78. The maximum Gasteiger partial charge on any atom is 0.261 e. The van der Waals surface area contributed by atoms with Gasteiger partial charge in [-0.1, -0.05) is 15.9 Å². The number of hydrogen-bond donors (Lipinski definition) is 1. The number of nitrogens with two attached hydrogens (primary N) is 1. The number of amides is 3. The molecule has 122 valence electrons. The summed E-state index contributed by atoms with van der Waals surface area (Å²) in [5, 5.41) is 0. The first-order chi connectivity index (χ1) is 11.0. The maximum absolute atomic E-state index is 12.3. The molecule has 1 saturated heterocycles. The topological polar surface area (TPSA) is 83.7 Å². The molecule has 1 atom stereocenters. The molecule has 2 heterocycles. The van der Waals surface area contributed by atoms with E-state index < -0.39 is 0 Å². The van der Waals surface area contributed by atoms with Crippen LogP contribution in [0.3, 0.4) is 0 Å². The number of carbonyl (C=O) groups is 3. The Balaban J connectivity index is 1.56. The maximum atomic E-state index is 12.3. The third kappa shape index (κ3) is 3.16. The lowest BCUT2D eigenvalue weighted by Gasteiger charge is -2.17. The molecule has 0 saturated carbocycles. The quantitative estimate of drug-likeness (QED) is 0.801. The molecule has 0 aliphatic carbocycles. The van der Waals surface area contributed by atoms with Gasteiger partial charge in [-0.2, -0.15) is 0 Å². The van der Waals surface area contributed by atoms with Crippen molar-refractivity contribution in [3.05, 3.63) is 33.8 Å². The fourth-order valence-corrected chi connectivity index (χ4v) is 3.39.